The monoisotopic (exact) mass is 377 g/mol. The van der Waals surface area contributed by atoms with Crippen molar-refractivity contribution in [3.05, 3.63) is 47.5 Å². The zero-order valence-electron chi connectivity index (χ0n) is 15.7. The van der Waals surface area contributed by atoms with Crippen LogP contribution in [0.3, 0.4) is 0 Å². The Hall–Kier alpha value is -1.92. The quantitative estimate of drug-likeness (QED) is 0.694. The van der Waals surface area contributed by atoms with Crippen molar-refractivity contribution >= 4 is 5.91 Å². The number of benzene rings is 1. The molecule has 1 amide bonds. The number of hydrogen-bond donors (Lipinski definition) is 2. The molecule has 0 saturated heterocycles. The number of aliphatic hydroxyl groups is 1. The van der Waals surface area contributed by atoms with E-state index >= 15 is 0 Å². The number of aliphatic hydroxyl groups excluding tert-OH is 1. The van der Waals surface area contributed by atoms with Gasteiger partial charge in [-0.1, -0.05) is 12.1 Å². The highest BCUT2D eigenvalue weighted by molar-refractivity contribution is 5.91. The number of carbonyl (C=O) groups excluding carboxylic acids is 1. The maximum Gasteiger partial charge on any atom is 0.286 e. The Morgan fingerprint density at radius 2 is 2.07 bits per heavy atom. The van der Waals surface area contributed by atoms with Crippen molar-refractivity contribution < 1.29 is 23.8 Å². The highest BCUT2D eigenvalue weighted by Gasteiger charge is 2.43. The van der Waals surface area contributed by atoms with Crippen molar-refractivity contribution in [3.63, 3.8) is 0 Å². The van der Waals surface area contributed by atoms with E-state index in [1.54, 1.807) is 12.1 Å². The van der Waals surface area contributed by atoms with Crippen LogP contribution in [0.25, 0.3) is 0 Å². The molecule has 5 nitrogen and oxygen atoms in total. The summed E-state index contributed by atoms with van der Waals surface area (Å²) < 4.78 is 24.7. The van der Waals surface area contributed by atoms with Crippen LogP contribution in [0.5, 0.6) is 0 Å². The second-order valence-electron chi connectivity index (χ2n) is 7.23. The third kappa shape index (κ3) is 5.30. The molecule has 2 N–H and O–H groups in total. The van der Waals surface area contributed by atoms with Crippen molar-refractivity contribution in [2.45, 2.75) is 45.4 Å². The average molecular weight is 377 g/mol. The van der Waals surface area contributed by atoms with Crippen LogP contribution in [0.2, 0.25) is 0 Å². The van der Waals surface area contributed by atoms with Gasteiger partial charge in [0.15, 0.2) is 5.76 Å². The summed E-state index contributed by atoms with van der Waals surface area (Å²) in [6.45, 7) is 2.86. The van der Waals surface area contributed by atoms with E-state index in [1.165, 1.54) is 12.1 Å². The summed E-state index contributed by atoms with van der Waals surface area (Å²) in [5, 5.41) is 12.0. The van der Waals surface area contributed by atoms with Gasteiger partial charge in [0.05, 0.1) is 0 Å². The fourth-order valence-corrected chi connectivity index (χ4v) is 3.68. The first kappa shape index (κ1) is 19.8. The fraction of sp³-hybridized carbons (Fsp3) is 0.571. The Bertz CT molecular complexity index is 657. The van der Waals surface area contributed by atoms with E-state index in [-0.39, 0.29) is 30.2 Å². The van der Waals surface area contributed by atoms with E-state index < -0.39 is 6.29 Å². The molecule has 1 heterocycles. The number of carbonyl (C=O) groups is 1. The van der Waals surface area contributed by atoms with Crippen LogP contribution < -0.4 is 5.32 Å². The Morgan fingerprint density at radius 3 is 2.70 bits per heavy atom. The molecule has 2 aliphatic rings. The van der Waals surface area contributed by atoms with Crippen LogP contribution in [0, 0.1) is 23.6 Å². The lowest BCUT2D eigenvalue weighted by atomic mass is 9.82. The van der Waals surface area contributed by atoms with Crippen molar-refractivity contribution in [2.75, 3.05) is 13.2 Å². The third-order valence-corrected chi connectivity index (χ3v) is 5.21. The number of hydrogen-bond acceptors (Lipinski definition) is 4. The number of amides is 1. The summed E-state index contributed by atoms with van der Waals surface area (Å²) in [4.78, 5) is 12.6. The van der Waals surface area contributed by atoms with E-state index in [0.717, 1.165) is 24.8 Å². The fourth-order valence-electron chi connectivity index (χ4n) is 3.68. The molecule has 1 saturated carbocycles. The molecule has 3 rings (SSSR count). The molecule has 1 aromatic carbocycles. The molecular weight excluding hydrogens is 349 g/mol. The first-order chi connectivity index (χ1) is 13.1. The van der Waals surface area contributed by atoms with Gasteiger partial charge in [-0.15, -0.1) is 0 Å². The smallest absolute Gasteiger partial charge is 0.286 e. The van der Waals surface area contributed by atoms with Gasteiger partial charge < -0.3 is 19.9 Å². The lowest BCUT2D eigenvalue weighted by Gasteiger charge is -2.37. The number of nitrogens with one attached hydrogen (secondary N) is 1. The molecule has 1 aromatic rings. The van der Waals surface area contributed by atoms with E-state index in [4.69, 9.17) is 9.47 Å². The van der Waals surface area contributed by atoms with Gasteiger partial charge >= 0.3 is 0 Å². The zero-order valence-corrected chi connectivity index (χ0v) is 15.7. The maximum atomic E-state index is 13.0. The lowest BCUT2D eigenvalue weighted by Crippen LogP contribution is -2.40. The van der Waals surface area contributed by atoms with E-state index in [0.29, 0.717) is 31.2 Å². The lowest BCUT2D eigenvalue weighted by molar-refractivity contribution is -0.173. The predicted molar refractivity (Wildman–Crippen MR) is 98.9 cm³/mol. The molecular formula is C21H28FNO4. The summed E-state index contributed by atoms with van der Waals surface area (Å²) in [6.07, 6.45) is 5.28. The molecule has 1 aliphatic heterocycles. The molecule has 1 aliphatic carbocycles. The summed E-state index contributed by atoms with van der Waals surface area (Å²) in [5.74, 6) is 0.652. The van der Waals surface area contributed by atoms with E-state index in [9.17, 15) is 14.3 Å². The summed E-state index contributed by atoms with van der Waals surface area (Å²) in [7, 11) is 0. The van der Waals surface area contributed by atoms with Gasteiger partial charge in [-0.2, -0.15) is 0 Å². The second kappa shape index (κ2) is 9.33. The second-order valence-corrected chi connectivity index (χ2v) is 7.23. The van der Waals surface area contributed by atoms with E-state index in [1.807, 2.05) is 13.0 Å². The van der Waals surface area contributed by atoms with Crippen LogP contribution in [0.4, 0.5) is 4.39 Å². The Balaban J connectivity index is 1.68. The van der Waals surface area contributed by atoms with Crippen molar-refractivity contribution in [1.29, 1.82) is 0 Å². The maximum absolute atomic E-state index is 13.0. The van der Waals surface area contributed by atoms with Crippen molar-refractivity contribution in [3.8, 4) is 0 Å². The average Bonchev–Trinajstić information content (AvgIpc) is 3.51. The standard InChI is InChI=1S/C21H28FNO4/c1-2-26-21-17(4-3-11-24)18(15-7-8-15)12-19(27-21)20(25)23-13-14-5-9-16(22)10-6-14/h5-6,9-10,12,15,17-18,21,24H,2-4,7-8,11,13H2,1H3,(H,23,25)/t17-,18+,21+/m1/s1. The van der Waals surface area contributed by atoms with Crippen molar-refractivity contribution in [2.24, 2.45) is 17.8 Å². The van der Waals surface area contributed by atoms with Gasteiger partial charge in [-0.25, -0.2) is 4.39 Å². The topological polar surface area (TPSA) is 67.8 Å². The molecule has 0 unspecified atom stereocenters. The minimum absolute atomic E-state index is 0.140. The Kier molecular flexibility index (Phi) is 6.85. The van der Waals surface area contributed by atoms with Gasteiger partial charge in [0, 0.05) is 25.7 Å². The first-order valence-corrected chi connectivity index (χ1v) is 9.76. The minimum atomic E-state index is -0.469. The van der Waals surface area contributed by atoms with Crippen LogP contribution in [-0.4, -0.2) is 30.5 Å². The SMILES string of the molecule is CCO[C@H]1OC(C(=O)NCc2ccc(F)cc2)=C[C@@H](C2CC2)[C@H]1CCCO. The van der Waals surface area contributed by atoms with Gasteiger partial charge in [-0.05, 0) is 68.2 Å². The number of allylic oxidation sites excluding steroid dienone is 1. The van der Waals surface area contributed by atoms with Crippen LogP contribution in [0.1, 0.15) is 38.2 Å². The molecule has 1 fully saturated rings. The van der Waals surface area contributed by atoms with Gasteiger partial charge in [0.2, 0.25) is 6.29 Å². The highest BCUT2D eigenvalue weighted by Crippen LogP contribution is 2.47. The van der Waals surface area contributed by atoms with Gasteiger partial charge in [0.1, 0.15) is 5.82 Å². The molecule has 148 valence electrons. The van der Waals surface area contributed by atoms with Crippen LogP contribution in [0.15, 0.2) is 36.1 Å². The zero-order chi connectivity index (χ0) is 19.2. The molecule has 27 heavy (non-hydrogen) atoms. The largest absolute Gasteiger partial charge is 0.459 e. The first-order valence-electron chi connectivity index (χ1n) is 9.76. The molecule has 6 heteroatoms. The summed E-state index contributed by atoms with van der Waals surface area (Å²) in [5.41, 5.74) is 0.821. The van der Waals surface area contributed by atoms with Gasteiger partial charge in [-0.3, -0.25) is 4.79 Å². The third-order valence-electron chi connectivity index (χ3n) is 5.21. The van der Waals surface area contributed by atoms with Crippen LogP contribution in [-0.2, 0) is 20.8 Å². The molecule has 0 radical (unpaired) electrons. The van der Waals surface area contributed by atoms with Crippen LogP contribution >= 0.6 is 0 Å². The predicted octanol–water partition coefficient (Wildman–Crippen LogP) is 3.13. The minimum Gasteiger partial charge on any atom is -0.459 e. The van der Waals surface area contributed by atoms with Gasteiger partial charge in [0.25, 0.3) is 5.91 Å². The molecule has 3 atom stereocenters. The Morgan fingerprint density at radius 1 is 1.33 bits per heavy atom. The molecule has 0 spiro atoms. The molecule has 0 aromatic heterocycles. The number of rotatable bonds is 9. The number of ether oxygens (including phenoxy) is 2. The number of halogens is 1. The summed E-state index contributed by atoms with van der Waals surface area (Å²) >= 11 is 0. The van der Waals surface area contributed by atoms with Crippen molar-refractivity contribution in [1.82, 2.24) is 5.32 Å². The Labute approximate surface area is 159 Å². The van der Waals surface area contributed by atoms with E-state index in [2.05, 4.69) is 5.32 Å². The highest BCUT2D eigenvalue weighted by atomic mass is 19.1. The summed E-state index contributed by atoms with van der Waals surface area (Å²) in [6, 6.07) is 6.04. The normalized spacial score (nSPS) is 24.9. The molecule has 0 bridgehead atoms.